The summed E-state index contributed by atoms with van der Waals surface area (Å²) < 4.78 is 0. The molecule has 6 nitrogen and oxygen atoms in total. The molecule has 0 aromatic rings. The standard InChI is InChI=1S/C10H16N2O4/c1-3-6(2)11-10(16)12-5-7(13)4-8(12)9(14)15/h3,6-8,13H,1,4-5H2,2H3,(H,11,16)(H,14,15)/t6?,7-,8-/m0/s1. The van der Waals surface area contributed by atoms with Gasteiger partial charge in [0.25, 0.3) is 0 Å². The van der Waals surface area contributed by atoms with Crippen LogP contribution in [0.5, 0.6) is 0 Å². The maximum absolute atomic E-state index is 11.7. The molecule has 0 aromatic carbocycles. The first-order valence-electron chi connectivity index (χ1n) is 5.06. The average Bonchev–Trinajstić information content (AvgIpc) is 2.60. The van der Waals surface area contributed by atoms with Crippen molar-refractivity contribution in [2.75, 3.05) is 6.54 Å². The fourth-order valence-corrected chi connectivity index (χ4v) is 1.61. The van der Waals surface area contributed by atoms with Crippen molar-refractivity contribution in [1.82, 2.24) is 10.2 Å². The molecule has 1 rings (SSSR count). The second-order valence-corrected chi connectivity index (χ2v) is 3.87. The number of nitrogens with one attached hydrogen (secondary N) is 1. The summed E-state index contributed by atoms with van der Waals surface area (Å²) in [6, 6.07) is -1.68. The highest BCUT2D eigenvalue weighted by Crippen LogP contribution is 2.18. The van der Waals surface area contributed by atoms with Gasteiger partial charge in [-0.25, -0.2) is 9.59 Å². The Morgan fingerprint density at radius 1 is 1.62 bits per heavy atom. The van der Waals surface area contributed by atoms with Crippen molar-refractivity contribution in [3.63, 3.8) is 0 Å². The SMILES string of the molecule is C=CC(C)NC(=O)N1C[C@@H](O)C[C@H]1C(=O)O. The van der Waals surface area contributed by atoms with E-state index in [2.05, 4.69) is 11.9 Å². The topological polar surface area (TPSA) is 89.9 Å². The molecule has 1 heterocycles. The quantitative estimate of drug-likeness (QED) is 0.583. The lowest BCUT2D eigenvalue weighted by atomic mass is 10.2. The minimum Gasteiger partial charge on any atom is -0.480 e. The van der Waals surface area contributed by atoms with Crippen LogP contribution in [0.3, 0.4) is 0 Å². The third kappa shape index (κ3) is 2.73. The first-order valence-corrected chi connectivity index (χ1v) is 5.06. The summed E-state index contributed by atoms with van der Waals surface area (Å²) in [4.78, 5) is 23.7. The van der Waals surface area contributed by atoms with Gasteiger partial charge in [0, 0.05) is 19.0 Å². The fourth-order valence-electron chi connectivity index (χ4n) is 1.61. The zero-order valence-corrected chi connectivity index (χ0v) is 9.09. The predicted molar refractivity (Wildman–Crippen MR) is 56.9 cm³/mol. The van der Waals surface area contributed by atoms with Crippen LogP contribution < -0.4 is 5.32 Å². The number of aliphatic carboxylic acids is 1. The van der Waals surface area contributed by atoms with E-state index in [9.17, 15) is 14.7 Å². The van der Waals surface area contributed by atoms with Gasteiger partial charge in [0.05, 0.1) is 6.10 Å². The lowest BCUT2D eigenvalue weighted by Gasteiger charge is -2.23. The molecular weight excluding hydrogens is 212 g/mol. The molecule has 1 aliphatic rings. The van der Waals surface area contributed by atoms with Gasteiger partial charge in [-0.3, -0.25) is 0 Å². The molecule has 0 radical (unpaired) electrons. The van der Waals surface area contributed by atoms with Crippen LogP contribution in [0, 0.1) is 0 Å². The van der Waals surface area contributed by atoms with Crippen LogP contribution in [0.1, 0.15) is 13.3 Å². The van der Waals surface area contributed by atoms with Crippen LogP contribution in [0.25, 0.3) is 0 Å². The van der Waals surface area contributed by atoms with Crippen LogP contribution >= 0.6 is 0 Å². The zero-order chi connectivity index (χ0) is 12.3. The van der Waals surface area contributed by atoms with Crippen LogP contribution in [-0.2, 0) is 4.79 Å². The number of nitrogens with zero attached hydrogens (tertiary/aromatic N) is 1. The van der Waals surface area contributed by atoms with Gasteiger partial charge in [-0.2, -0.15) is 0 Å². The number of rotatable bonds is 3. The molecule has 0 aliphatic carbocycles. The van der Waals surface area contributed by atoms with E-state index >= 15 is 0 Å². The van der Waals surface area contributed by atoms with E-state index in [0.717, 1.165) is 4.90 Å². The molecule has 3 N–H and O–H groups in total. The van der Waals surface area contributed by atoms with E-state index in [-0.39, 0.29) is 19.0 Å². The normalized spacial score (nSPS) is 26.2. The Hall–Kier alpha value is -1.56. The summed E-state index contributed by atoms with van der Waals surface area (Å²) in [6.07, 6.45) is 0.844. The van der Waals surface area contributed by atoms with E-state index in [0.29, 0.717) is 0 Å². The maximum atomic E-state index is 11.7. The Bertz CT molecular complexity index is 305. The summed E-state index contributed by atoms with van der Waals surface area (Å²) in [7, 11) is 0. The Morgan fingerprint density at radius 3 is 2.75 bits per heavy atom. The van der Waals surface area contributed by atoms with E-state index in [1.165, 1.54) is 0 Å². The molecule has 2 amide bonds. The molecule has 0 saturated carbocycles. The lowest BCUT2D eigenvalue weighted by Crippen LogP contribution is -2.48. The first-order chi connectivity index (χ1) is 7.45. The number of β-amino-alcohol motifs (C(OH)–C–C–N with tert-alkyl or cyclic N) is 1. The van der Waals surface area contributed by atoms with Crippen molar-refractivity contribution >= 4 is 12.0 Å². The third-order valence-corrected chi connectivity index (χ3v) is 2.53. The van der Waals surface area contributed by atoms with E-state index in [4.69, 9.17) is 5.11 Å². The van der Waals surface area contributed by atoms with E-state index in [1.807, 2.05) is 0 Å². The van der Waals surface area contributed by atoms with Crippen LogP contribution in [0.2, 0.25) is 0 Å². The number of aliphatic hydroxyl groups excluding tert-OH is 1. The molecule has 1 fully saturated rings. The molecule has 1 unspecified atom stereocenters. The van der Waals surface area contributed by atoms with Crippen LogP contribution in [0.15, 0.2) is 12.7 Å². The van der Waals surface area contributed by atoms with Crippen molar-refractivity contribution in [2.24, 2.45) is 0 Å². The summed E-state index contributed by atoms with van der Waals surface area (Å²) in [5.41, 5.74) is 0. The van der Waals surface area contributed by atoms with E-state index in [1.54, 1.807) is 13.0 Å². The smallest absolute Gasteiger partial charge is 0.326 e. The summed E-state index contributed by atoms with van der Waals surface area (Å²) >= 11 is 0. The molecule has 1 saturated heterocycles. The highest BCUT2D eigenvalue weighted by molar-refractivity contribution is 5.83. The number of likely N-dealkylation sites (tertiary alicyclic amines) is 1. The van der Waals surface area contributed by atoms with Crippen LogP contribution in [0.4, 0.5) is 4.79 Å². The minimum absolute atomic E-state index is 0.0483. The minimum atomic E-state index is -1.10. The van der Waals surface area contributed by atoms with Gasteiger partial charge >= 0.3 is 12.0 Å². The number of carbonyl (C=O) groups excluding carboxylic acids is 1. The highest BCUT2D eigenvalue weighted by atomic mass is 16.4. The van der Waals surface area contributed by atoms with Gasteiger partial charge < -0.3 is 20.4 Å². The number of hydrogen-bond donors (Lipinski definition) is 3. The van der Waals surface area contributed by atoms with Crippen molar-refractivity contribution in [2.45, 2.75) is 31.5 Å². The molecule has 90 valence electrons. The number of amides is 2. The summed E-state index contributed by atoms with van der Waals surface area (Å²) in [5.74, 6) is -1.10. The van der Waals surface area contributed by atoms with Crippen molar-refractivity contribution in [1.29, 1.82) is 0 Å². The Morgan fingerprint density at radius 2 is 2.25 bits per heavy atom. The first kappa shape index (κ1) is 12.5. The van der Waals surface area contributed by atoms with Crippen LogP contribution in [-0.4, -0.2) is 51.8 Å². The number of aliphatic hydroxyl groups is 1. The lowest BCUT2D eigenvalue weighted by molar-refractivity contribution is -0.141. The van der Waals surface area contributed by atoms with Gasteiger partial charge in [-0.15, -0.1) is 6.58 Å². The second kappa shape index (κ2) is 4.98. The molecule has 16 heavy (non-hydrogen) atoms. The molecule has 0 aromatic heterocycles. The molecule has 1 aliphatic heterocycles. The number of carboxylic acids is 1. The second-order valence-electron chi connectivity index (χ2n) is 3.87. The number of hydrogen-bond acceptors (Lipinski definition) is 3. The highest BCUT2D eigenvalue weighted by Gasteiger charge is 2.39. The number of carbonyl (C=O) groups is 2. The van der Waals surface area contributed by atoms with Crippen molar-refractivity contribution < 1.29 is 19.8 Å². The van der Waals surface area contributed by atoms with Gasteiger partial charge in [-0.05, 0) is 6.92 Å². The van der Waals surface area contributed by atoms with E-state index < -0.39 is 24.1 Å². The zero-order valence-electron chi connectivity index (χ0n) is 9.09. The van der Waals surface area contributed by atoms with Gasteiger partial charge in [0.15, 0.2) is 0 Å². The number of urea groups is 1. The average molecular weight is 228 g/mol. The largest absolute Gasteiger partial charge is 0.480 e. The predicted octanol–water partition coefficient (Wildman–Crippen LogP) is -0.210. The maximum Gasteiger partial charge on any atom is 0.326 e. The summed E-state index contributed by atoms with van der Waals surface area (Å²) in [6.45, 7) is 5.29. The molecule has 3 atom stereocenters. The van der Waals surface area contributed by atoms with Crippen molar-refractivity contribution in [3.05, 3.63) is 12.7 Å². The molecule has 0 spiro atoms. The molecule has 0 bridgehead atoms. The molecular formula is C10H16N2O4. The summed E-state index contributed by atoms with van der Waals surface area (Å²) in [5, 5.41) is 20.8. The van der Waals surface area contributed by atoms with Gasteiger partial charge in [-0.1, -0.05) is 6.08 Å². The fraction of sp³-hybridized carbons (Fsp3) is 0.600. The van der Waals surface area contributed by atoms with Gasteiger partial charge in [0.2, 0.25) is 0 Å². The molecule has 6 heteroatoms. The number of carboxylic acid groups (broad SMARTS) is 1. The van der Waals surface area contributed by atoms with Crippen molar-refractivity contribution in [3.8, 4) is 0 Å². The third-order valence-electron chi connectivity index (χ3n) is 2.53. The van der Waals surface area contributed by atoms with Gasteiger partial charge in [0.1, 0.15) is 6.04 Å². The Balaban J connectivity index is 2.66. The Kier molecular flexibility index (Phi) is 3.89. The Labute approximate surface area is 93.5 Å². The monoisotopic (exact) mass is 228 g/mol.